The molecule has 1 aromatic carbocycles. The molecule has 0 heterocycles. The van der Waals surface area contributed by atoms with Crippen molar-refractivity contribution < 1.29 is 31.5 Å². The van der Waals surface area contributed by atoms with E-state index in [1.165, 1.54) is 13.0 Å². The van der Waals surface area contributed by atoms with Crippen LogP contribution in [0.15, 0.2) is 41.7 Å². The Morgan fingerprint density at radius 2 is 1.83 bits per heavy atom. The lowest BCUT2D eigenvalue weighted by molar-refractivity contribution is -0.254. The van der Waals surface area contributed by atoms with Gasteiger partial charge in [-0.05, 0) is 56.0 Å². The highest BCUT2D eigenvalue weighted by Crippen LogP contribution is 2.63. The Morgan fingerprint density at radius 1 is 1.24 bits per heavy atom. The van der Waals surface area contributed by atoms with Crippen LogP contribution in [0.3, 0.4) is 0 Å². The van der Waals surface area contributed by atoms with Crippen LogP contribution < -0.4 is 5.73 Å². The Hall–Kier alpha value is -2.22. The number of hydrogen-bond donors (Lipinski definition) is 1. The molecule has 3 atom stereocenters. The summed E-state index contributed by atoms with van der Waals surface area (Å²) in [5, 5.41) is 0. The molecule has 0 amide bonds. The lowest BCUT2D eigenvalue weighted by Gasteiger charge is -2.50. The highest BCUT2D eigenvalue weighted by atomic mass is 19.4. The summed E-state index contributed by atoms with van der Waals surface area (Å²) < 4.78 is 79.4. The van der Waals surface area contributed by atoms with E-state index in [2.05, 4.69) is 4.74 Å². The number of alkyl halides is 4. The van der Waals surface area contributed by atoms with Crippen LogP contribution in [-0.2, 0) is 9.53 Å². The first-order valence-electron chi connectivity index (χ1n) is 9.14. The van der Waals surface area contributed by atoms with Crippen LogP contribution in [0.4, 0.5) is 22.0 Å². The topological polar surface area (TPSA) is 52.3 Å². The molecule has 160 valence electrons. The fourth-order valence-electron chi connectivity index (χ4n) is 4.02. The number of rotatable bonds is 5. The first-order valence-corrected chi connectivity index (χ1v) is 9.14. The van der Waals surface area contributed by atoms with Crippen LogP contribution in [-0.4, -0.2) is 30.5 Å². The van der Waals surface area contributed by atoms with Crippen molar-refractivity contribution in [2.75, 3.05) is 6.61 Å². The lowest BCUT2D eigenvalue weighted by Crippen LogP contribution is -2.65. The van der Waals surface area contributed by atoms with Crippen LogP contribution in [0.2, 0.25) is 0 Å². The van der Waals surface area contributed by atoms with Crippen molar-refractivity contribution in [3.63, 3.8) is 0 Å². The minimum atomic E-state index is -5.42. The second-order valence-electron chi connectivity index (χ2n) is 7.29. The minimum absolute atomic E-state index is 0.0941. The summed E-state index contributed by atoms with van der Waals surface area (Å²) in [6.07, 6.45) is -5.34. The van der Waals surface area contributed by atoms with E-state index in [1.807, 2.05) is 0 Å². The summed E-state index contributed by atoms with van der Waals surface area (Å²) in [5.41, 5.74) is -1.29. The van der Waals surface area contributed by atoms with E-state index in [1.54, 1.807) is 25.1 Å². The predicted octanol–water partition coefficient (Wildman–Crippen LogP) is 5.19. The van der Waals surface area contributed by atoms with Crippen LogP contribution in [0, 0.1) is 12.3 Å². The van der Waals surface area contributed by atoms with Crippen molar-refractivity contribution in [2.24, 2.45) is 11.1 Å². The zero-order valence-corrected chi connectivity index (χ0v) is 16.7. The van der Waals surface area contributed by atoms with E-state index in [0.29, 0.717) is 12.5 Å². The molecule has 0 saturated carbocycles. The highest BCUT2D eigenvalue weighted by Gasteiger charge is 2.74. The third kappa shape index (κ3) is 3.58. The smallest absolute Gasteiger partial charge is 0.405 e. The standard InChI is InChI=1S/C21H24F5NO2/c1-5-29-17(28)11-16(27)20(21(24,25)26)18(22)13(3)10-15(19(20,4)23)14-9-7-6-8-12(14)2/h6-10,16H,5,11,27H2,1-4H3/t16-,19?,20?/m0/s1. The number of carbonyl (C=O) groups is 1. The van der Waals surface area contributed by atoms with E-state index in [9.17, 15) is 18.0 Å². The van der Waals surface area contributed by atoms with Crippen molar-refractivity contribution in [3.05, 3.63) is 52.9 Å². The number of halogens is 5. The van der Waals surface area contributed by atoms with Gasteiger partial charge in [-0.15, -0.1) is 0 Å². The van der Waals surface area contributed by atoms with Gasteiger partial charge in [0.05, 0.1) is 13.0 Å². The maximum Gasteiger partial charge on any atom is 0.405 e. The molecule has 0 aromatic heterocycles. The molecule has 2 rings (SSSR count). The van der Waals surface area contributed by atoms with E-state index in [-0.39, 0.29) is 17.7 Å². The normalized spacial score (nSPS) is 26.2. The summed E-state index contributed by atoms with van der Waals surface area (Å²) in [6, 6.07) is 4.05. The number of allylic oxidation sites excluding steroid dienone is 3. The molecule has 1 aliphatic carbocycles. The number of ether oxygens (including phenoxy) is 1. The Morgan fingerprint density at radius 3 is 2.34 bits per heavy atom. The van der Waals surface area contributed by atoms with Gasteiger partial charge in [-0.25, -0.2) is 8.78 Å². The van der Waals surface area contributed by atoms with Crippen molar-refractivity contribution in [1.29, 1.82) is 0 Å². The predicted molar refractivity (Wildman–Crippen MR) is 100 cm³/mol. The van der Waals surface area contributed by atoms with Gasteiger partial charge in [0.2, 0.25) is 0 Å². The first kappa shape index (κ1) is 23.1. The van der Waals surface area contributed by atoms with Crippen molar-refractivity contribution in [2.45, 2.75) is 52.0 Å². The zero-order valence-electron chi connectivity index (χ0n) is 16.7. The van der Waals surface area contributed by atoms with Gasteiger partial charge in [-0.3, -0.25) is 4.79 Å². The second-order valence-corrected chi connectivity index (χ2v) is 7.29. The van der Waals surface area contributed by atoms with Crippen molar-refractivity contribution in [3.8, 4) is 0 Å². The summed E-state index contributed by atoms with van der Waals surface area (Å²) in [6.45, 7) is 4.77. The Kier molecular flexibility index (Phi) is 6.28. The van der Waals surface area contributed by atoms with Crippen molar-refractivity contribution in [1.82, 2.24) is 0 Å². The highest BCUT2D eigenvalue weighted by molar-refractivity contribution is 5.80. The first-order chi connectivity index (χ1) is 13.3. The van der Waals surface area contributed by atoms with Gasteiger partial charge in [0.1, 0.15) is 5.83 Å². The summed E-state index contributed by atoms with van der Waals surface area (Å²) >= 11 is 0. The van der Waals surface area contributed by atoms with Crippen LogP contribution >= 0.6 is 0 Å². The molecule has 3 nitrogen and oxygen atoms in total. The third-order valence-corrected chi connectivity index (χ3v) is 5.43. The van der Waals surface area contributed by atoms with Crippen molar-refractivity contribution >= 4 is 11.5 Å². The van der Waals surface area contributed by atoms with Gasteiger partial charge in [0, 0.05) is 6.04 Å². The summed E-state index contributed by atoms with van der Waals surface area (Å²) in [5.74, 6) is -2.79. The molecule has 29 heavy (non-hydrogen) atoms. The van der Waals surface area contributed by atoms with Gasteiger partial charge in [0.15, 0.2) is 11.1 Å². The molecule has 0 aliphatic heterocycles. The second kappa shape index (κ2) is 7.89. The molecule has 2 N–H and O–H groups in total. The number of nitrogens with two attached hydrogens (primary N) is 1. The molecule has 0 spiro atoms. The molecular formula is C21H24F5NO2. The van der Waals surface area contributed by atoms with Crippen LogP contribution in [0.5, 0.6) is 0 Å². The third-order valence-electron chi connectivity index (χ3n) is 5.43. The summed E-state index contributed by atoms with van der Waals surface area (Å²) in [7, 11) is 0. The Labute approximate surface area is 166 Å². The number of carbonyl (C=O) groups excluding carboxylic acids is 1. The Bertz CT molecular complexity index is 857. The number of hydrogen-bond acceptors (Lipinski definition) is 3. The van der Waals surface area contributed by atoms with Crippen LogP contribution in [0.25, 0.3) is 5.57 Å². The quantitative estimate of drug-likeness (QED) is 0.530. The number of benzene rings is 1. The molecule has 1 aromatic rings. The minimum Gasteiger partial charge on any atom is -0.466 e. The molecule has 1 aliphatic rings. The molecule has 8 heteroatoms. The summed E-state index contributed by atoms with van der Waals surface area (Å²) in [4.78, 5) is 11.8. The van der Waals surface area contributed by atoms with Gasteiger partial charge >= 0.3 is 12.1 Å². The van der Waals surface area contributed by atoms with Gasteiger partial charge in [-0.1, -0.05) is 24.3 Å². The van der Waals surface area contributed by atoms with E-state index >= 15 is 8.78 Å². The molecule has 0 radical (unpaired) electrons. The van der Waals surface area contributed by atoms with E-state index in [4.69, 9.17) is 5.73 Å². The molecule has 0 saturated heterocycles. The average molecular weight is 417 g/mol. The van der Waals surface area contributed by atoms with Gasteiger partial charge in [0.25, 0.3) is 0 Å². The maximum atomic E-state index is 16.2. The maximum absolute atomic E-state index is 16.2. The SMILES string of the molecule is CCOC(=O)C[C@H](N)C1(C(F)(F)F)C(F)=C(C)C=C(c2ccccc2C)C1(C)F. The molecule has 0 bridgehead atoms. The fraction of sp³-hybridized carbons (Fsp3) is 0.476. The monoisotopic (exact) mass is 417 g/mol. The van der Waals surface area contributed by atoms with E-state index in [0.717, 1.165) is 13.0 Å². The Balaban J connectivity index is 2.78. The molecule has 2 unspecified atom stereocenters. The number of esters is 1. The number of aryl methyl sites for hydroxylation is 1. The fourth-order valence-corrected chi connectivity index (χ4v) is 4.02. The lowest BCUT2D eigenvalue weighted by atomic mass is 9.59. The van der Waals surface area contributed by atoms with Crippen LogP contribution in [0.1, 0.15) is 38.3 Å². The molecule has 0 fully saturated rings. The van der Waals surface area contributed by atoms with Gasteiger partial charge < -0.3 is 10.5 Å². The largest absolute Gasteiger partial charge is 0.466 e. The van der Waals surface area contributed by atoms with Gasteiger partial charge in [-0.2, -0.15) is 13.2 Å². The van der Waals surface area contributed by atoms with E-state index < -0.39 is 47.1 Å². The molecular weight excluding hydrogens is 393 g/mol. The zero-order chi connectivity index (χ0) is 22.2. The average Bonchev–Trinajstić information content (AvgIpc) is 2.58.